The maximum Gasteiger partial charge on any atom is 0.282 e. The Labute approximate surface area is 263 Å². The number of hydrogen-bond donors (Lipinski definition) is 1. The van der Waals surface area contributed by atoms with Crippen LogP contribution in [-0.2, 0) is 11.2 Å². The van der Waals surface area contributed by atoms with E-state index in [1.807, 2.05) is 42.5 Å². The molecule has 0 atom stereocenters. The molecule has 224 valence electrons. The topological polar surface area (TPSA) is 108 Å². The van der Waals surface area contributed by atoms with Crippen LogP contribution in [0.5, 0.6) is 11.5 Å². The predicted molar refractivity (Wildman–Crippen MR) is 177 cm³/mol. The Morgan fingerprint density at radius 1 is 1.07 bits per heavy atom. The molecule has 0 saturated heterocycles. The standard InChI is InChI=1S/C35H27ClN4O5/c1-3-8-24-17-22(18-30(43-2)33(24)44-21-32(41)38-26-15-13-25(36)14-16-26)20-37-40-34(31-19-23-9-4-7-12-29(23)45-31)39-28-11-6-5-10-27(28)35(40)42/h3-7,9-20H,1,8,21H2,2H3,(H,38,41). The molecule has 2 heterocycles. The van der Waals surface area contributed by atoms with E-state index in [0.29, 0.717) is 62.0 Å². The van der Waals surface area contributed by atoms with Gasteiger partial charge in [-0.3, -0.25) is 9.59 Å². The van der Waals surface area contributed by atoms with Gasteiger partial charge in [0.15, 0.2) is 23.9 Å². The van der Waals surface area contributed by atoms with Crippen LogP contribution in [0.25, 0.3) is 33.5 Å². The van der Waals surface area contributed by atoms with Crippen molar-refractivity contribution in [2.45, 2.75) is 6.42 Å². The Morgan fingerprint density at radius 2 is 1.84 bits per heavy atom. The minimum atomic E-state index is -0.351. The first-order chi connectivity index (χ1) is 21.9. The Morgan fingerprint density at radius 3 is 2.62 bits per heavy atom. The first-order valence-electron chi connectivity index (χ1n) is 14.0. The predicted octanol–water partition coefficient (Wildman–Crippen LogP) is 7.10. The zero-order valence-electron chi connectivity index (χ0n) is 24.2. The highest BCUT2D eigenvalue weighted by Crippen LogP contribution is 2.33. The minimum absolute atomic E-state index is 0.254. The molecule has 0 aliphatic heterocycles. The van der Waals surface area contributed by atoms with Crippen LogP contribution in [-0.4, -0.2) is 35.5 Å². The molecule has 0 fully saturated rings. The minimum Gasteiger partial charge on any atom is -0.493 e. The van der Waals surface area contributed by atoms with Crippen molar-refractivity contribution in [3.8, 4) is 23.1 Å². The maximum atomic E-state index is 13.7. The normalized spacial score (nSPS) is 11.2. The van der Waals surface area contributed by atoms with Gasteiger partial charge in [-0.2, -0.15) is 9.78 Å². The lowest BCUT2D eigenvalue weighted by molar-refractivity contribution is -0.118. The number of amides is 1. The summed E-state index contributed by atoms with van der Waals surface area (Å²) in [4.78, 5) is 31.0. The lowest BCUT2D eigenvalue weighted by atomic mass is 10.1. The Kier molecular flexibility index (Phi) is 8.43. The number of anilines is 1. The molecule has 0 saturated carbocycles. The number of nitrogens with zero attached hydrogens (tertiary/aromatic N) is 3. The van der Waals surface area contributed by atoms with Crippen molar-refractivity contribution in [2.75, 3.05) is 19.0 Å². The molecule has 0 radical (unpaired) electrons. The Balaban J connectivity index is 1.34. The lowest BCUT2D eigenvalue weighted by Crippen LogP contribution is -2.21. The third-order valence-electron chi connectivity index (χ3n) is 6.94. The average Bonchev–Trinajstić information content (AvgIpc) is 3.49. The second kappa shape index (κ2) is 12.9. The molecule has 0 aliphatic carbocycles. The van der Waals surface area contributed by atoms with E-state index in [0.717, 1.165) is 5.39 Å². The number of furan rings is 1. The number of fused-ring (bicyclic) bond motifs is 2. The summed E-state index contributed by atoms with van der Waals surface area (Å²) in [5.41, 5.74) is 2.78. The van der Waals surface area contributed by atoms with Crippen LogP contribution in [0.15, 0.2) is 118 Å². The van der Waals surface area contributed by atoms with E-state index >= 15 is 0 Å². The number of methoxy groups -OCH3 is 1. The van der Waals surface area contributed by atoms with Crippen molar-refractivity contribution in [1.29, 1.82) is 0 Å². The van der Waals surface area contributed by atoms with E-state index in [1.165, 1.54) is 18.0 Å². The van der Waals surface area contributed by atoms with Gasteiger partial charge in [0.1, 0.15) is 5.58 Å². The van der Waals surface area contributed by atoms with Crippen LogP contribution in [0.4, 0.5) is 5.69 Å². The average molecular weight is 619 g/mol. The quantitative estimate of drug-likeness (QED) is 0.130. The van der Waals surface area contributed by atoms with Crippen molar-refractivity contribution in [3.05, 3.63) is 130 Å². The summed E-state index contributed by atoms with van der Waals surface area (Å²) in [6, 6.07) is 26.8. The molecule has 6 aromatic rings. The molecule has 0 unspecified atom stereocenters. The van der Waals surface area contributed by atoms with Crippen molar-refractivity contribution < 1.29 is 18.7 Å². The highest BCUT2D eigenvalue weighted by atomic mass is 35.5. The summed E-state index contributed by atoms with van der Waals surface area (Å²) in [6.07, 6.45) is 3.68. The van der Waals surface area contributed by atoms with E-state index in [1.54, 1.807) is 54.6 Å². The number of halogens is 1. The van der Waals surface area contributed by atoms with E-state index in [9.17, 15) is 9.59 Å². The van der Waals surface area contributed by atoms with Gasteiger partial charge in [-0.05, 0) is 72.6 Å². The van der Waals surface area contributed by atoms with Crippen molar-refractivity contribution in [2.24, 2.45) is 5.10 Å². The smallest absolute Gasteiger partial charge is 0.282 e. The summed E-state index contributed by atoms with van der Waals surface area (Å²) in [6.45, 7) is 3.60. The molecule has 10 heteroatoms. The Hall–Kier alpha value is -5.67. The fourth-order valence-corrected chi connectivity index (χ4v) is 4.98. The van der Waals surface area contributed by atoms with Gasteiger partial charge >= 0.3 is 0 Å². The molecule has 4 aromatic carbocycles. The molecule has 0 aliphatic rings. The zero-order chi connectivity index (χ0) is 31.3. The molecule has 0 bridgehead atoms. The second-order valence-corrected chi connectivity index (χ2v) is 10.4. The lowest BCUT2D eigenvalue weighted by Gasteiger charge is -2.16. The van der Waals surface area contributed by atoms with Gasteiger partial charge in [-0.1, -0.05) is 48.0 Å². The fraction of sp³-hybridized carbons (Fsp3) is 0.0857. The van der Waals surface area contributed by atoms with Crippen LogP contribution in [0.1, 0.15) is 11.1 Å². The van der Waals surface area contributed by atoms with Crippen LogP contribution in [0.2, 0.25) is 5.02 Å². The van der Waals surface area contributed by atoms with E-state index in [2.05, 4.69) is 17.0 Å². The largest absolute Gasteiger partial charge is 0.493 e. The SMILES string of the molecule is C=CCc1cc(C=Nn2c(-c3cc4ccccc4o3)nc3ccccc3c2=O)cc(OC)c1OCC(=O)Nc1ccc(Cl)cc1. The van der Waals surface area contributed by atoms with E-state index in [-0.39, 0.29) is 23.9 Å². The number of carbonyl (C=O) groups excluding carboxylic acids is 1. The van der Waals surface area contributed by atoms with Crippen molar-refractivity contribution in [1.82, 2.24) is 9.66 Å². The summed E-state index contributed by atoms with van der Waals surface area (Å²) >= 11 is 5.93. The van der Waals surface area contributed by atoms with Gasteiger partial charge in [0, 0.05) is 21.7 Å². The molecule has 9 nitrogen and oxygen atoms in total. The number of nitrogens with one attached hydrogen (secondary N) is 1. The van der Waals surface area contributed by atoms with Crippen LogP contribution >= 0.6 is 11.6 Å². The highest BCUT2D eigenvalue weighted by Gasteiger charge is 2.18. The number of rotatable bonds is 10. The number of para-hydroxylation sites is 2. The van der Waals surface area contributed by atoms with Crippen LogP contribution in [0, 0.1) is 0 Å². The second-order valence-electron chi connectivity index (χ2n) is 10.0. The number of aromatic nitrogens is 2. The monoisotopic (exact) mass is 618 g/mol. The maximum absolute atomic E-state index is 13.7. The Bertz CT molecular complexity index is 2100. The van der Waals surface area contributed by atoms with Gasteiger partial charge in [-0.25, -0.2) is 4.98 Å². The molecule has 6 rings (SSSR count). The number of allylic oxidation sites excluding steroid dienone is 1. The number of hydrogen-bond acceptors (Lipinski definition) is 7. The molecular weight excluding hydrogens is 592 g/mol. The van der Waals surface area contributed by atoms with Gasteiger partial charge in [0.2, 0.25) is 5.82 Å². The third kappa shape index (κ3) is 6.34. The fourth-order valence-electron chi connectivity index (χ4n) is 4.86. The van der Waals surface area contributed by atoms with Crippen molar-refractivity contribution >= 4 is 51.3 Å². The number of benzene rings is 4. The first kappa shape index (κ1) is 29.4. The molecule has 0 spiro atoms. The van der Waals surface area contributed by atoms with E-state index in [4.69, 9.17) is 30.5 Å². The first-order valence-corrected chi connectivity index (χ1v) is 14.4. The van der Waals surface area contributed by atoms with Gasteiger partial charge in [0.25, 0.3) is 11.5 Å². The highest BCUT2D eigenvalue weighted by molar-refractivity contribution is 6.30. The zero-order valence-corrected chi connectivity index (χ0v) is 25.0. The summed E-state index contributed by atoms with van der Waals surface area (Å²) in [7, 11) is 1.51. The summed E-state index contributed by atoms with van der Waals surface area (Å²) in [5.74, 6) is 1.10. The molecule has 1 amide bonds. The van der Waals surface area contributed by atoms with Crippen LogP contribution in [0.3, 0.4) is 0 Å². The molecule has 2 aromatic heterocycles. The summed E-state index contributed by atoms with van der Waals surface area (Å²) < 4.78 is 18.8. The van der Waals surface area contributed by atoms with Gasteiger partial charge in [0.05, 0.1) is 24.2 Å². The third-order valence-corrected chi connectivity index (χ3v) is 7.19. The van der Waals surface area contributed by atoms with E-state index < -0.39 is 0 Å². The van der Waals surface area contributed by atoms with Gasteiger partial charge < -0.3 is 19.2 Å². The number of carbonyl (C=O) groups is 1. The van der Waals surface area contributed by atoms with Crippen LogP contribution < -0.4 is 20.3 Å². The van der Waals surface area contributed by atoms with Crippen molar-refractivity contribution in [3.63, 3.8) is 0 Å². The summed E-state index contributed by atoms with van der Waals surface area (Å²) in [5, 5.41) is 9.20. The molecular formula is C35H27ClN4O5. The van der Waals surface area contributed by atoms with Gasteiger partial charge in [-0.15, -0.1) is 6.58 Å². The number of ether oxygens (including phenoxy) is 2. The molecule has 1 N–H and O–H groups in total. The molecule has 45 heavy (non-hydrogen) atoms.